The van der Waals surface area contributed by atoms with Gasteiger partial charge in [-0.25, -0.2) is 13.4 Å². The Bertz CT molecular complexity index is 740. The van der Waals surface area contributed by atoms with Gasteiger partial charge in [0.05, 0.1) is 5.69 Å². The molecule has 0 saturated heterocycles. The van der Waals surface area contributed by atoms with Gasteiger partial charge in [-0.05, 0) is 52.7 Å². The van der Waals surface area contributed by atoms with Crippen LogP contribution in [0.5, 0.6) is 0 Å². The highest BCUT2D eigenvalue weighted by Gasteiger charge is 2.22. The molecule has 1 heterocycles. The monoisotopic (exact) mass is 419 g/mol. The topological polar surface area (TPSA) is 85.1 Å². The summed E-state index contributed by atoms with van der Waals surface area (Å²) in [6, 6.07) is 6.57. The molecule has 0 aliphatic carbocycles. The lowest BCUT2D eigenvalue weighted by molar-refractivity contribution is 0.601. The van der Waals surface area contributed by atoms with E-state index in [-0.39, 0.29) is 16.4 Å². The first-order valence-corrected chi connectivity index (χ1v) is 8.56. The highest BCUT2D eigenvalue weighted by Crippen LogP contribution is 2.32. The van der Waals surface area contributed by atoms with Crippen LogP contribution in [0, 0.1) is 6.92 Å². The number of hydrogen-bond acceptors (Lipinski definition) is 4. The van der Waals surface area contributed by atoms with E-state index >= 15 is 0 Å². The molecule has 0 aliphatic heterocycles. The maximum absolute atomic E-state index is 12.4. The van der Waals surface area contributed by atoms with Crippen LogP contribution in [-0.2, 0) is 10.0 Å². The van der Waals surface area contributed by atoms with Gasteiger partial charge in [0.1, 0.15) is 10.7 Å². The molecule has 0 spiro atoms. The molecule has 2 rings (SSSR count). The van der Waals surface area contributed by atoms with E-state index in [2.05, 4.69) is 41.6 Å². The highest BCUT2D eigenvalue weighted by atomic mass is 79.9. The molecule has 2 aromatic rings. The van der Waals surface area contributed by atoms with Gasteiger partial charge in [-0.2, -0.15) is 0 Å². The first kappa shape index (κ1) is 15.3. The number of nitrogens with zero attached hydrogens (tertiary/aromatic N) is 1. The van der Waals surface area contributed by atoms with E-state index in [4.69, 9.17) is 5.73 Å². The Labute approximate surface area is 133 Å². The average Bonchev–Trinajstić information content (AvgIpc) is 2.25. The predicted molar refractivity (Wildman–Crippen MR) is 86.0 cm³/mol. The van der Waals surface area contributed by atoms with Crippen molar-refractivity contribution in [1.29, 1.82) is 0 Å². The van der Waals surface area contributed by atoms with Crippen molar-refractivity contribution in [2.45, 2.75) is 11.8 Å². The van der Waals surface area contributed by atoms with Crippen molar-refractivity contribution in [2.24, 2.45) is 0 Å². The normalized spacial score (nSPS) is 11.3. The molecule has 3 N–H and O–H groups in total. The molecule has 0 bridgehead atoms. The van der Waals surface area contributed by atoms with Crippen molar-refractivity contribution >= 4 is 53.4 Å². The Kier molecular flexibility index (Phi) is 4.36. The lowest BCUT2D eigenvalue weighted by Gasteiger charge is -2.12. The number of nitrogen functional groups attached to an aromatic ring is 1. The predicted octanol–water partition coefficient (Wildman–Crippen LogP) is 3.30. The van der Waals surface area contributed by atoms with Crippen LogP contribution in [0.4, 0.5) is 11.5 Å². The quantitative estimate of drug-likeness (QED) is 0.746. The molecule has 8 heteroatoms. The van der Waals surface area contributed by atoms with Gasteiger partial charge in [-0.1, -0.05) is 15.9 Å². The summed E-state index contributed by atoms with van der Waals surface area (Å²) < 4.78 is 28.3. The van der Waals surface area contributed by atoms with Crippen LogP contribution in [0.1, 0.15) is 5.56 Å². The van der Waals surface area contributed by atoms with Gasteiger partial charge in [0.15, 0.2) is 0 Å². The van der Waals surface area contributed by atoms with E-state index in [1.54, 1.807) is 18.2 Å². The molecule has 0 fully saturated rings. The number of nitrogens with two attached hydrogens (primary N) is 1. The molecule has 0 atom stereocenters. The number of anilines is 2. The van der Waals surface area contributed by atoms with Gasteiger partial charge in [0.25, 0.3) is 10.0 Å². The van der Waals surface area contributed by atoms with E-state index < -0.39 is 10.0 Å². The zero-order valence-electron chi connectivity index (χ0n) is 10.4. The largest absolute Gasteiger partial charge is 0.398 e. The third kappa shape index (κ3) is 3.31. The number of aryl methyl sites for hydroxylation is 1. The highest BCUT2D eigenvalue weighted by molar-refractivity contribution is 9.11. The van der Waals surface area contributed by atoms with Gasteiger partial charge in [-0.3, -0.25) is 4.72 Å². The summed E-state index contributed by atoms with van der Waals surface area (Å²) in [5, 5.41) is 0. The summed E-state index contributed by atoms with van der Waals surface area (Å²) in [6.07, 6.45) is 1.53. The maximum atomic E-state index is 12.4. The van der Waals surface area contributed by atoms with Gasteiger partial charge >= 0.3 is 0 Å². The number of pyridine rings is 1. The number of nitrogens with one attached hydrogen (secondary N) is 1. The van der Waals surface area contributed by atoms with E-state index in [1.807, 2.05) is 6.92 Å². The number of sulfonamides is 1. The molecular weight excluding hydrogens is 410 g/mol. The fraction of sp³-hybridized carbons (Fsp3) is 0.0833. The number of benzene rings is 1. The van der Waals surface area contributed by atoms with Crippen molar-refractivity contribution in [3.05, 3.63) is 45.0 Å². The minimum atomic E-state index is -3.81. The number of hydrogen-bond donors (Lipinski definition) is 2. The van der Waals surface area contributed by atoms with E-state index in [1.165, 1.54) is 12.3 Å². The molecule has 1 aromatic heterocycles. The molecular formula is C12H11Br2N3O2S. The Hall–Kier alpha value is -1.12. The van der Waals surface area contributed by atoms with E-state index in [9.17, 15) is 8.42 Å². The van der Waals surface area contributed by atoms with Gasteiger partial charge in [0, 0.05) is 15.1 Å². The third-order valence-corrected chi connectivity index (χ3v) is 5.28. The second-order valence-corrected chi connectivity index (χ2v) is 7.52. The third-order valence-electron chi connectivity index (χ3n) is 2.46. The van der Waals surface area contributed by atoms with Crippen molar-refractivity contribution in [1.82, 2.24) is 4.98 Å². The molecule has 20 heavy (non-hydrogen) atoms. The van der Waals surface area contributed by atoms with Crippen LogP contribution in [0.25, 0.3) is 0 Å². The smallest absolute Gasteiger partial charge is 0.266 e. The van der Waals surface area contributed by atoms with Crippen LogP contribution in [0.3, 0.4) is 0 Å². The Balaban J connectivity index is 2.46. The number of rotatable bonds is 3. The number of aromatic nitrogens is 1. The summed E-state index contributed by atoms with van der Waals surface area (Å²) in [5.41, 5.74) is 6.84. The lowest BCUT2D eigenvalue weighted by atomic mass is 10.3. The minimum Gasteiger partial charge on any atom is -0.398 e. The van der Waals surface area contributed by atoms with Crippen molar-refractivity contribution in [2.75, 3.05) is 10.5 Å². The molecule has 0 amide bonds. The van der Waals surface area contributed by atoms with Gasteiger partial charge in [-0.15, -0.1) is 0 Å². The molecule has 0 radical (unpaired) electrons. The fourth-order valence-corrected chi connectivity index (χ4v) is 4.72. The van der Waals surface area contributed by atoms with Gasteiger partial charge in [0.2, 0.25) is 0 Å². The zero-order chi connectivity index (χ0) is 14.9. The van der Waals surface area contributed by atoms with E-state index in [0.717, 1.165) is 5.56 Å². The van der Waals surface area contributed by atoms with Crippen LogP contribution < -0.4 is 10.5 Å². The van der Waals surface area contributed by atoms with Crippen molar-refractivity contribution in [3.8, 4) is 0 Å². The molecule has 1 aromatic carbocycles. The van der Waals surface area contributed by atoms with Crippen LogP contribution >= 0.6 is 31.9 Å². The average molecular weight is 421 g/mol. The van der Waals surface area contributed by atoms with Crippen LogP contribution in [0.15, 0.2) is 44.3 Å². The molecule has 5 nitrogen and oxygen atoms in total. The Morgan fingerprint density at radius 2 is 1.95 bits per heavy atom. The SMILES string of the molecule is Cc1ccnc(NS(=O)(=O)c2c(N)cc(Br)cc2Br)c1. The van der Waals surface area contributed by atoms with Crippen molar-refractivity contribution < 1.29 is 8.42 Å². The standard InChI is InChI=1S/C12H11Br2N3O2S/c1-7-2-3-16-11(4-7)17-20(18,19)12-9(14)5-8(13)6-10(12)15/h2-6H,15H2,1H3,(H,16,17). The second kappa shape index (κ2) is 5.71. The first-order chi connectivity index (χ1) is 9.29. The van der Waals surface area contributed by atoms with Crippen LogP contribution in [0.2, 0.25) is 0 Å². The van der Waals surface area contributed by atoms with Gasteiger partial charge < -0.3 is 5.73 Å². The maximum Gasteiger partial charge on any atom is 0.266 e. The Morgan fingerprint density at radius 1 is 1.25 bits per heavy atom. The molecule has 0 unspecified atom stereocenters. The molecule has 0 aliphatic rings. The lowest BCUT2D eigenvalue weighted by Crippen LogP contribution is -2.16. The summed E-state index contributed by atoms with van der Waals surface area (Å²) in [6.45, 7) is 1.85. The summed E-state index contributed by atoms with van der Waals surface area (Å²) >= 11 is 6.46. The zero-order valence-corrected chi connectivity index (χ0v) is 14.4. The Morgan fingerprint density at radius 3 is 2.55 bits per heavy atom. The second-order valence-electron chi connectivity index (χ2n) is 4.13. The van der Waals surface area contributed by atoms with Crippen molar-refractivity contribution in [3.63, 3.8) is 0 Å². The van der Waals surface area contributed by atoms with Crippen LogP contribution in [-0.4, -0.2) is 13.4 Å². The molecule has 106 valence electrons. The minimum absolute atomic E-state index is 0.0102. The summed E-state index contributed by atoms with van der Waals surface area (Å²) in [5.74, 6) is 0.249. The summed E-state index contributed by atoms with van der Waals surface area (Å²) in [7, 11) is -3.81. The first-order valence-electron chi connectivity index (χ1n) is 5.49. The number of halogens is 2. The summed E-state index contributed by atoms with van der Waals surface area (Å²) in [4.78, 5) is 3.96. The fourth-order valence-electron chi connectivity index (χ4n) is 1.64. The van der Waals surface area contributed by atoms with E-state index in [0.29, 0.717) is 8.95 Å². The molecule has 0 saturated carbocycles.